The second-order valence-electron chi connectivity index (χ2n) is 5.23. The van der Waals surface area contributed by atoms with Gasteiger partial charge in [-0.05, 0) is 44.4 Å². The lowest BCUT2D eigenvalue weighted by Gasteiger charge is -2.21. The molecule has 0 spiro atoms. The molecule has 0 saturated heterocycles. The molecule has 0 aromatic heterocycles. The molecule has 3 atom stereocenters. The summed E-state index contributed by atoms with van der Waals surface area (Å²) in [6, 6.07) is 7.84. The topological polar surface area (TPSA) is 55.1 Å². The Balaban J connectivity index is 0.00000220. The molecule has 21 heavy (non-hydrogen) atoms. The number of carbonyl (C=O) groups is 1. The van der Waals surface area contributed by atoms with Crippen LogP contribution in [-0.4, -0.2) is 23.7 Å². The van der Waals surface area contributed by atoms with E-state index < -0.39 is 0 Å². The zero-order chi connectivity index (χ0) is 14.5. The van der Waals surface area contributed by atoms with Gasteiger partial charge in [-0.2, -0.15) is 0 Å². The van der Waals surface area contributed by atoms with Gasteiger partial charge in [0.2, 0.25) is 5.91 Å². The van der Waals surface area contributed by atoms with Crippen molar-refractivity contribution in [1.29, 1.82) is 0 Å². The molecular weight excluding hydrogens is 327 g/mol. The summed E-state index contributed by atoms with van der Waals surface area (Å²) in [5.74, 6) is 0.497. The predicted molar refractivity (Wildman–Crippen MR) is 92.3 cm³/mol. The van der Waals surface area contributed by atoms with E-state index >= 15 is 0 Å². The van der Waals surface area contributed by atoms with E-state index in [0.717, 1.165) is 24.2 Å². The SMILES string of the molecule is CC(Sc1ccccc1Cl)C(=O)NC1CCCC1CN.Cl. The van der Waals surface area contributed by atoms with Gasteiger partial charge in [-0.1, -0.05) is 30.2 Å². The average Bonchev–Trinajstić information content (AvgIpc) is 2.88. The minimum atomic E-state index is -0.158. The molecule has 1 aliphatic rings. The van der Waals surface area contributed by atoms with E-state index in [1.54, 1.807) is 0 Å². The lowest BCUT2D eigenvalue weighted by Crippen LogP contribution is -2.43. The quantitative estimate of drug-likeness (QED) is 0.800. The van der Waals surface area contributed by atoms with Crippen LogP contribution >= 0.6 is 35.8 Å². The number of thioether (sulfide) groups is 1. The van der Waals surface area contributed by atoms with Crippen LogP contribution in [0.4, 0.5) is 0 Å². The summed E-state index contributed by atoms with van der Waals surface area (Å²) in [5, 5.41) is 3.67. The van der Waals surface area contributed by atoms with Crippen molar-refractivity contribution in [2.75, 3.05) is 6.54 Å². The van der Waals surface area contributed by atoms with E-state index in [2.05, 4.69) is 5.32 Å². The molecule has 1 saturated carbocycles. The highest BCUT2D eigenvalue weighted by atomic mass is 35.5. The van der Waals surface area contributed by atoms with Crippen molar-refractivity contribution < 1.29 is 4.79 Å². The number of hydrogen-bond donors (Lipinski definition) is 2. The first-order valence-corrected chi connectivity index (χ1v) is 8.29. The largest absolute Gasteiger partial charge is 0.352 e. The average molecular weight is 349 g/mol. The number of benzene rings is 1. The van der Waals surface area contributed by atoms with E-state index in [9.17, 15) is 4.79 Å². The number of hydrogen-bond acceptors (Lipinski definition) is 3. The molecule has 0 bridgehead atoms. The number of halogens is 2. The highest BCUT2D eigenvalue weighted by Gasteiger charge is 2.28. The van der Waals surface area contributed by atoms with Crippen LogP contribution in [0.2, 0.25) is 5.02 Å². The maximum atomic E-state index is 12.3. The van der Waals surface area contributed by atoms with E-state index in [1.807, 2.05) is 31.2 Å². The van der Waals surface area contributed by atoms with Crippen LogP contribution in [0, 0.1) is 5.92 Å². The zero-order valence-electron chi connectivity index (χ0n) is 12.0. The van der Waals surface area contributed by atoms with Crippen LogP contribution in [0.1, 0.15) is 26.2 Å². The Hall–Kier alpha value is -0.420. The second kappa shape index (κ2) is 8.89. The Morgan fingerprint density at radius 1 is 1.48 bits per heavy atom. The van der Waals surface area contributed by atoms with Crippen molar-refractivity contribution in [3.63, 3.8) is 0 Å². The molecule has 3 nitrogen and oxygen atoms in total. The first kappa shape index (κ1) is 18.6. The van der Waals surface area contributed by atoms with Gasteiger partial charge in [-0.15, -0.1) is 24.2 Å². The summed E-state index contributed by atoms with van der Waals surface area (Å²) < 4.78 is 0. The van der Waals surface area contributed by atoms with Gasteiger partial charge in [0.15, 0.2) is 0 Å². The molecule has 1 amide bonds. The first-order chi connectivity index (χ1) is 9.61. The lowest BCUT2D eigenvalue weighted by molar-refractivity contribution is -0.121. The van der Waals surface area contributed by atoms with Crippen LogP contribution in [0.25, 0.3) is 0 Å². The van der Waals surface area contributed by atoms with Crippen molar-refractivity contribution in [3.05, 3.63) is 29.3 Å². The van der Waals surface area contributed by atoms with Crippen LogP contribution in [0.15, 0.2) is 29.2 Å². The summed E-state index contributed by atoms with van der Waals surface area (Å²) in [6.07, 6.45) is 3.31. The van der Waals surface area contributed by atoms with Crippen molar-refractivity contribution in [3.8, 4) is 0 Å². The highest BCUT2D eigenvalue weighted by Crippen LogP contribution is 2.31. The number of rotatable bonds is 5. The maximum Gasteiger partial charge on any atom is 0.233 e. The molecule has 0 heterocycles. The Bertz CT molecular complexity index is 473. The van der Waals surface area contributed by atoms with Gasteiger partial charge in [-0.3, -0.25) is 4.79 Å². The lowest BCUT2D eigenvalue weighted by atomic mass is 10.0. The van der Waals surface area contributed by atoms with Crippen molar-refractivity contribution in [1.82, 2.24) is 5.32 Å². The summed E-state index contributed by atoms with van der Waals surface area (Å²) in [5.41, 5.74) is 5.75. The molecule has 1 fully saturated rings. The summed E-state index contributed by atoms with van der Waals surface area (Å²) in [7, 11) is 0. The van der Waals surface area contributed by atoms with E-state index in [0.29, 0.717) is 17.5 Å². The zero-order valence-corrected chi connectivity index (χ0v) is 14.4. The number of carbonyl (C=O) groups excluding carboxylic acids is 1. The van der Waals surface area contributed by atoms with Gasteiger partial charge in [0.1, 0.15) is 0 Å². The fourth-order valence-corrected chi connectivity index (χ4v) is 3.76. The summed E-state index contributed by atoms with van der Waals surface area (Å²) >= 11 is 7.62. The third-order valence-corrected chi connectivity index (χ3v) is 5.42. The number of amides is 1. The number of nitrogens with one attached hydrogen (secondary N) is 1. The molecule has 2 rings (SSSR count). The number of nitrogens with two attached hydrogens (primary N) is 1. The molecule has 3 N–H and O–H groups in total. The van der Waals surface area contributed by atoms with Crippen LogP contribution in [0.5, 0.6) is 0 Å². The minimum Gasteiger partial charge on any atom is -0.352 e. The fourth-order valence-electron chi connectivity index (χ4n) is 2.59. The van der Waals surface area contributed by atoms with Gasteiger partial charge < -0.3 is 11.1 Å². The molecule has 0 aliphatic heterocycles. The van der Waals surface area contributed by atoms with Gasteiger partial charge >= 0.3 is 0 Å². The third kappa shape index (κ3) is 5.06. The second-order valence-corrected chi connectivity index (χ2v) is 7.02. The molecular formula is C15H22Cl2N2OS. The van der Waals surface area contributed by atoms with Crippen molar-refractivity contribution in [2.24, 2.45) is 11.7 Å². The third-order valence-electron chi connectivity index (χ3n) is 3.80. The van der Waals surface area contributed by atoms with E-state index in [4.69, 9.17) is 17.3 Å². The Kier molecular flexibility index (Phi) is 7.88. The van der Waals surface area contributed by atoms with Gasteiger partial charge in [0, 0.05) is 10.9 Å². The monoisotopic (exact) mass is 348 g/mol. The van der Waals surface area contributed by atoms with Gasteiger partial charge in [0.25, 0.3) is 0 Å². The van der Waals surface area contributed by atoms with E-state index in [1.165, 1.54) is 11.8 Å². The molecule has 1 aromatic rings. The Morgan fingerprint density at radius 2 is 2.19 bits per heavy atom. The van der Waals surface area contributed by atoms with Crippen molar-refractivity contribution >= 4 is 41.7 Å². The summed E-state index contributed by atoms with van der Waals surface area (Å²) in [6.45, 7) is 2.56. The van der Waals surface area contributed by atoms with Gasteiger partial charge in [-0.25, -0.2) is 0 Å². The van der Waals surface area contributed by atoms with Crippen molar-refractivity contribution in [2.45, 2.75) is 42.4 Å². The van der Waals surface area contributed by atoms with Crippen LogP contribution < -0.4 is 11.1 Å². The molecule has 3 unspecified atom stereocenters. The maximum absolute atomic E-state index is 12.3. The molecule has 0 radical (unpaired) electrons. The fraction of sp³-hybridized carbons (Fsp3) is 0.533. The molecule has 1 aliphatic carbocycles. The Morgan fingerprint density at radius 3 is 2.86 bits per heavy atom. The highest BCUT2D eigenvalue weighted by molar-refractivity contribution is 8.00. The minimum absolute atomic E-state index is 0. The summed E-state index contributed by atoms with van der Waals surface area (Å²) in [4.78, 5) is 13.2. The standard InChI is InChI=1S/C15H21ClN2OS.ClH/c1-10(20-14-8-3-2-6-12(14)16)15(19)18-13-7-4-5-11(13)9-17;/h2-3,6,8,10-11,13H,4-5,7,9,17H2,1H3,(H,18,19);1H. The molecule has 118 valence electrons. The predicted octanol–water partition coefficient (Wildman–Crippen LogP) is 3.49. The van der Waals surface area contributed by atoms with E-state index in [-0.39, 0.29) is 29.6 Å². The molecule has 1 aromatic carbocycles. The molecule has 6 heteroatoms. The van der Waals surface area contributed by atoms with Crippen LogP contribution in [0.3, 0.4) is 0 Å². The van der Waals surface area contributed by atoms with Crippen LogP contribution in [-0.2, 0) is 4.79 Å². The smallest absolute Gasteiger partial charge is 0.233 e. The first-order valence-electron chi connectivity index (χ1n) is 7.03. The normalized spacial score (nSPS) is 22.4. The van der Waals surface area contributed by atoms with Gasteiger partial charge in [0.05, 0.1) is 10.3 Å². The Labute approximate surface area is 141 Å².